The molecule has 1 aromatic rings. The van der Waals surface area contributed by atoms with E-state index in [4.69, 9.17) is 0 Å². The maximum Gasteiger partial charge on any atom is 0.251 e. The van der Waals surface area contributed by atoms with Crippen molar-refractivity contribution in [3.63, 3.8) is 0 Å². The van der Waals surface area contributed by atoms with Crippen molar-refractivity contribution >= 4 is 21.8 Å². The van der Waals surface area contributed by atoms with Crippen LogP contribution >= 0.6 is 15.9 Å². The molecule has 18 heavy (non-hydrogen) atoms. The van der Waals surface area contributed by atoms with Gasteiger partial charge in [0, 0.05) is 18.7 Å². The number of benzene rings is 1. The van der Waals surface area contributed by atoms with E-state index in [2.05, 4.69) is 32.6 Å². The summed E-state index contributed by atoms with van der Waals surface area (Å²) in [6.07, 6.45) is 3.04. The van der Waals surface area contributed by atoms with Crippen molar-refractivity contribution in [2.75, 3.05) is 19.6 Å². The zero-order chi connectivity index (χ0) is 13.0. The first kappa shape index (κ1) is 13.2. The van der Waals surface area contributed by atoms with E-state index in [-0.39, 0.29) is 11.7 Å². The molecule has 0 radical (unpaired) electrons. The van der Waals surface area contributed by atoms with Crippen LogP contribution in [0.25, 0.3) is 0 Å². The molecule has 0 atom stereocenters. The van der Waals surface area contributed by atoms with Crippen LogP contribution in [0.5, 0.6) is 0 Å². The molecule has 3 nitrogen and oxygen atoms in total. The minimum atomic E-state index is -0.368. The molecule has 0 saturated heterocycles. The third kappa shape index (κ3) is 3.40. The van der Waals surface area contributed by atoms with Gasteiger partial charge in [-0.2, -0.15) is 0 Å². The van der Waals surface area contributed by atoms with Crippen LogP contribution in [0.4, 0.5) is 4.39 Å². The van der Waals surface area contributed by atoms with E-state index < -0.39 is 0 Å². The van der Waals surface area contributed by atoms with E-state index in [1.165, 1.54) is 23.8 Å². The molecule has 2 rings (SSSR count). The molecule has 0 aromatic heterocycles. The van der Waals surface area contributed by atoms with Crippen molar-refractivity contribution in [3.8, 4) is 0 Å². The lowest BCUT2D eigenvalue weighted by Crippen LogP contribution is -2.29. The molecule has 0 aliphatic carbocycles. The van der Waals surface area contributed by atoms with Gasteiger partial charge in [-0.3, -0.25) is 4.79 Å². The van der Waals surface area contributed by atoms with Crippen LogP contribution in [-0.2, 0) is 0 Å². The molecule has 1 amide bonds. The summed E-state index contributed by atoms with van der Waals surface area (Å²) < 4.78 is 13.3. The molecule has 0 saturated carbocycles. The lowest BCUT2D eigenvalue weighted by Gasteiger charge is -2.14. The highest BCUT2D eigenvalue weighted by molar-refractivity contribution is 9.10. The summed E-state index contributed by atoms with van der Waals surface area (Å²) in [6.45, 7) is 2.35. The van der Waals surface area contributed by atoms with Crippen molar-refractivity contribution < 1.29 is 9.18 Å². The summed E-state index contributed by atoms with van der Waals surface area (Å²) in [5.41, 5.74) is 1.68. The third-order valence-electron chi connectivity index (χ3n) is 2.82. The fourth-order valence-electron chi connectivity index (χ4n) is 1.76. The summed E-state index contributed by atoms with van der Waals surface area (Å²) in [5.74, 6) is -0.553. The highest BCUT2D eigenvalue weighted by Gasteiger charge is 2.09. The number of carbonyl (C=O) groups excluding carboxylic acids is 1. The maximum absolute atomic E-state index is 13.0. The average molecular weight is 313 g/mol. The lowest BCUT2D eigenvalue weighted by molar-refractivity contribution is 0.0956. The van der Waals surface area contributed by atoms with Crippen LogP contribution < -0.4 is 10.6 Å². The Morgan fingerprint density at radius 2 is 2.33 bits per heavy atom. The second-order valence-corrected chi connectivity index (χ2v) is 4.98. The fourth-order valence-corrected chi connectivity index (χ4v) is 2.14. The molecule has 5 heteroatoms. The van der Waals surface area contributed by atoms with Crippen LogP contribution in [0.2, 0.25) is 0 Å². The zero-order valence-corrected chi connectivity index (χ0v) is 11.4. The summed E-state index contributed by atoms with van der Waals surface area (Å²) >= 11 is 3.07. The van der Waals surface area contributed by atoms with Crippen LogP contribution in [0.3, 0.4) is 0 Å². The summed E-state index contributed by atoms with van der Waals surface area (Å²) in [6, 6.07) is 4.25. The van der Waals surface area contributed by atoms with Crippen molar-refractivity contribution in [1.82, 2.24) is 10.6 Å². The second-order valence-electron chi connectivity index (χ2n) is 4.13. The fraction of sp³-hybridized carbons (Fsp3) is 0.308. The summed E-state index contributed by atoms with van der Waals surface area (Å²) in [5, 5.41) is 6.05. The molecule has 0 unspecified atom stereocenters. The van der Waals surface area contributed by atoms with Crippen molar-refractivity contribution in [2.24, 2.45) is 0 Å². The Bertz CT molecular complexity index is 488. The van der Waals surface area contributed by atoms with E-state index >= 15 is 0 Å². The number of nitrogens with one attached hydrogen (secondary N) is 2. The monoisotopic (exact) mass is 312 g/mol. The Labute approximate surface area is 114 Å². The van der Waals surface area contributed by atoms with Gasteiger partial charge in [-0.15, -0.1) is 0 Å². The predicted molar refractivity (Wildman–Crippen MR) is 72.0 cm³/mol. The smallest absolute Gasteiger partial charge is 0.251 e. The highest BCUT2D eigenvalue weighted by atomic mass is 79.9. The number of halogens is 2. The van der Waals surface area contributed by atoms with Crippen molar-refractivity contribution in [1.29, 1.82) is 0 Å². The molecule has 96 valence electrons. The van der Waals surface area contributed by atoms with E-state index in [0.29, 0.717) is 16.6 Å². The highest BCUT2D eigenvalue weighted by Crippen LogP contribution is 2.16. The number of rotatable bonds is 3. The number of hydrogen-bond acceptors (Lipinski definition) is 2. The van der Waals surface area contributed by atoms with Crippen LogP contribution in [0, 0.1) is 5.82 Å². The van der Waals surface area contributed by atoms with E-state index in [1.54, 1.807) is 0 Å². The summed E-state index contributed by atoms with van der Waals surface area (Å²) in [4.78, 5) is 11.9. The number of amides is 1. The number of hydrogen-bond donors (Lipinski definition) is 2. The lowest BCUT2D eigenvalue weighted by atomic mass is 10.1. The standard InChI is InChI=1S/C13H14BrFN2O/c14-11-7-10(1-2-12(11)15)13(18)17-8-9-3-5-16-6-4-9/h1-3,7,16H,4-6,8H2,(H,17,18). The molecular formula is C13H14BrFN2O. The quantitative estimate of drug-likeness (QED) is 0.840. The SMILES string of the molecule is O=C(NCC1=CCNCC1)c1ccc(F)c(Br)c1. The minimum Gasteiger partial charge on any atom is -0.348 e. The first-order valence-corrected chi connectivity index (χ1v) is 6.58. The molecule has 1 aromatic carbocycles. The van der Waals surface area contributed by atoms with Crippen molar-refractivity contribution in [2.45, 2.75) is 6.42 Å². The molecular weight excluding hydrogens is 299 g/mol. The zero-order valence-electron chi connectivity index (χ0n) is 9.80. The van der Waals surface area contributed by atoms with Crippen LogP contribution in [0.1, 0.15) is 16.8 Å². The first-order valence-electron chi connectivity index (χ1n) is 5.78. The van der Waals surface area contributed by atoms with Gasteiger partial charge in [-0.25, -0.2) is 4.39 Å². The minimum absolute atomic E-state index is 0.185. The van der Waals surface area contributed by atoms with Gasteiger partial charge >= 0.3 is 0 Å². The Balaban J connectivity index is 1.95. The Hall–Kier alpha value is -1.20. The molecule has 0 fully saturated rings. The van der Waals surface area contributed by atoms with Gasteiger partial charge < -0.3 is 10.6 Å². The van der Waals surface area contributed by atoms with E-state index in [0.717, 1.165) is 19.5 Å². The van der Waals surface area contributed by atoms with Crippen molar-refractivity contribution in [3.05, 3.63) is 45.7 Å². The summed E-state index contributed by atoms with van der Waals surface area (Å²) in [7, 11) is 0. The molecule has 1 heterocycles. The van der Waals surface area contributed by atoms with Gasteiger partial charge in [0.2, 0.25) is 0 Å². The average Bonchev–Trinajstić information content (AvgIpc) is 2.40. The molecule has 0 bridgehead atoms. The van der Waals surface area contributed by atoms with E-state index in [1.807, 2.05) is 0 Å². The Morgan fingerprint density at radius 1 is 1.50 bits per heavy atom. The molecule has 1 aliphatic heterocycles. The molecule has 2 N–H and O–H groups in total. The van der Waals surface area contributed by atoms with Crippen LogP contribution in [0.15, 0.2) is 34.3 Å². The Morgan fingerprint density at radius 3 is 3.00 bits per heavy atom. The van der Waals surface area contributed by atoms with E-state index in [9.17, 15) is 9.18 Å². The molecule has 1 aliphatic rings. The second kappa shape index (κ2) is 6.11. The topological polar surface area (TPSA) is 41.1 Å². The Kier molecular flexibility index (Phi) is 4.49. The van der Waals surface area contributed by atoms with Gasteiger partial charge in [0.1, 0.15) is 5.82 Å². The number of carbonyl (C=O) groups is 1. The van der Waals surface area contributed by atoms with Gasteiger partial charge in [0.15, 0.2) is 0 Å². The maximum atomic E-state index is 13.0. The third-order valence-corrected chi connectivity index (χ3v) is 3.42. The predicted octanol–water partition coefficient (Wildman–Crippen LogP) is 2.24. The largest absolute Gasteiger partial charge is 0.348 e. The first-order chi connectivity index (χ1) is 8.66. The normalized spacial score (nSPS) is 15.1. The van der Waals surface area contributed by atoms with Gasteiger partial charge in [0.25, 0.3) is 5.91 Å². The van der Waals surface area contributed by atoms with Crippen LogP contribution in [-0.4, -0.2) is 25.5 Å². The molecule has 0 spiro atoms. The van der Waals surface area contributed by atoms with Gasteiger partial charge in [-0.1, -0.05) is 11.6 Å². The van der Waals surface area contributed by atoms with Gasteiger partial charge in [-0.05, 0) is 47.1 Å². The van der Waals surface area contributed by atoms with Gasteiger partial charge in [0.05, 0.1) is 4.47 Å².